The number of fused-ring (bicyclic) bond motifs is 1. The fourth-order valence-corrected chi connectivity index (χ4v) is 4.13. The van der Waals surface area contributed by atoms with Crippen molar-refractivity contribution in [3.63, 3.8) is 0 Å². The lowest BCUT2D eigenvalue weighted by atomic mass is 9.93. The number of aliphatic hydroxyl groups excluding tert-OH is 1. The molecule has 1 saturated heterocycles. The van der Waals surface area contributed by atoms with Gasteiger partial charge in [0.15, 0.2) is 0 Å². The van der Waals surface area contributed by atoms with Gasteiger partial charge in [-0.25, -0.2) is 4.79 Å². The smallest absolute Gasteiger partial charge is 0.338 e. The number of esters is 1. The van der Waals surface area contributed by atoms with Gasteiger partial charge >= 0.3 is 5.97 Å². The van der Waals surface area contributed by atoms with Gasteiger partial charge in [0.05, 0.1) is 11.7 Å². The lowest BCUT2D eigenvalue weighted by Gasteiger charge is -2.33. The van der Waals surface area contributed by atoms with E-state index in [4.69, 9.17) is 4.74 Å². The molecule has 0 saturated carbocycles. The Bertz CT molecular complexity index is 908. The van der Waals surface area contributed by atoms with Gasteiger partial charge in [0.25, 0.3) is 0 Å². The third-order valence-corrected chi connectivity index (χ3v) is 5.90. The highest BCUT2D eigenvalue weighted by Gasteiger charge is 2.29. The van der Waals surface area contributed by atoms with Crippen molar-refractivity contribution in [3.05, 3.63) is 58.9 Å². The molecule has 1 atom stereocenters. The van der Waals surface area contributed by atoms with E-state index in [2.05, 4.69) is 15.2 Å². The predicted molar refractivity (Wildman–Crippen MR) is 107 cm³/mol. The lowest BCUT2D eigenvalue weighted by molar-refractivity contribution is -0.121. The van der Waals surface area contributed by atoms with Crippen LogP contribution >= 0.6 is 0 Å². The molecule has 0 radical (unpaired) electrons. The molecule has 2 aliphatic rings. The minimum absolute atomic E-state index is 0.0264. The van der Waals surface area contributed by atoms with Crippen LogP contribution in [-0.2, 0) is 16.1 Å². The fraction of sp³-hybridized carbons (Fsp3) is 0.409. The van der Waals surface area contributed by atoms with E-state index in [0.717, 1.165) is 48.3 Å². The highest BCUT2D eigenvalue weighted by molar-refractivity contribution is 5.94. The normalized spacial score (nSPS) is 18.2. The number of piperidine rings is 1. The van der Waals surface area contributed by atoms with E-state index in [9.17, 15) is 14.7 Å². The summed E-state index contributed by atoms with van der Waals surface area (Å²) in [6.07, 6.45) is 4.19. The van der Waals surface area contributed by atoms with Gasteiger partial charge in [-0.05, 0) is 62.2 Å². The topological polar surface area (TPSA) is 91.8 Å². The first-order chi connectivity index (χ1) is 14.0. The molecule has 152 valence electrons. The molecular weight excluding hydrogens is 370 g/mol. The van der Waals surface area contributed by atoms with E-state index in [-0.39, 0.29) is 24.4 Å². The predicted octanol–water partition coefficient (Wildman–Crippen LogP) is 2.44. The third kappa shape index (κ3) is 4.16. The summed E-state index contributed by atoms with van der Waals surface area (Å²) in [5.41, 5.74) is 3.99. The molecule has 1 fully saturated rings. The molecule has 1 aromatic heterocycles. The number of cyclic esters (lactones) is 1. The zero-order valence-corrected chi connectivity index (χ0v) is 16.4. The number of pyridine rings is 1. The number of anilines is 1. The van der Waals surface area contributed by atoms with Crippen molar-refractivity contribution in [1.29, 1.82) is 0 Å². The molecule has 2 aliphatic heterocycles. The summed E-state index contributed by atoms with van der Waals surface area (Å²) in [5, 5.41) is 13.7. The van der Waals surface area contributed by atoms with E-state index in [1.165, 1.54) is 0 Å². The fourth-order valence-electron chi connectivity index (χ4n) is 4.13. The highest BCUT2D eigenvalue weighted by Crippen LogP contribution is 2.30. The summed E-state index contributed by atoms with van der Waals surface area (Å²) in [5.74, 6) is -0.284. The molecule has 7 heteroatoms. The van der Waals surface area contributed by atoms with Crippen molar-refractivity contribution < 1.29 is 19.4 Å². The zero-order chi connectivity index (χ0) is 20.4. The molecule has 1 aromatic carbocycles. The number of likely N-dealkylation sites (tertiary alicyclic amines) is 1. The Kier molecular flexibility index (Phi) is 5.60. The number of benzene rings is 1. The number of ether oxygens (including phenoxy) is 1. The highest BCUT2D eigenvalue weighted by atomic mass is 16.5. The number of nitrogens with zero attached hydrogens (tertiary/aromatic N) is 2. The number of carbonyl (C=O) groups excluding carboxylic acids is 2. The number of β-amino-alcohol motifs (C(OH)–C–C–N with tert-alkyl or cyclic N) is 1. The minimum atomic E-state index is -0.641. The summed E-state index contributed by atoms with van der Waals surface area (Å²) < 4.78 is 5.09. The van der Waals surface area contributed by atoms with E-state index in [1.807, 2.05) is 13.0 Å². The molecule has 1 unspecified atom stereocenters. The van der Waals surface area contributed by atoms with Crippen LogP contribution in [0, 0.1) is 12.8 Å². The van der Waals surface area contributed by atoms with Gasteiger partial charge in [-0.15, -0.1) is 0 Å². The second-order valence-corrected chi connectivity index (χ2v) is 7.70. The Morgan fingerprint density at radius 2 is 2.00 bits per heavy atom. The van der Waals surface area contributed by atoms with Gasteiger partial charge in [-0.3, -0.25) is 9.78 Å². The first-order valence-electron chi connectivity index (χ1n) is 9.93. The van der Waals surface area contributed by atoms with Crippen LogP contribution in [0.25, 0.3) is 0 Å². The minimum Gasteiger partial charge on any atom is -0.457 e. The number of rotatable bonds is 5. The van der Waals surface area contributed by atoms with E-state index >= 15 is 0 Å². The van der Waals surface area contributed by atoms with Gasteiger partial charge in [-0.1, -0.05) is 6.07 Å². The van der Waals surface area contributed by atoms with Crippen molar-refractivity contribution in [3.8, 4) is 0 Å². The summed E-state index contributed by atoms with van der Waals surface area (Å²) in [7, 11) is 0. The van der Waals surface area contributed by atoms with Crippen LogP contribution in [0.3, 0.4) is 0 Å². The summed E-state index contributed by atoms with van der Waals surface area (Å²) in [6, 6.07) is 7.12. The Morgan fingerprint density at radius 3 is 2.72 bits per heavy atom. The SMILES string of the molecule is Cc1c(C(O)CN2CCC(C(=O)Nc3ccncc3)CC2)ccc2c1COC2=O. The molecule has 29 heavy (non-hydrogen) atoms. The maximum atomic E-state index is 12.5. The molecule has 2 aromatic rings. The molecule has 1 amide bonds. The number of aliphatic hydroxyl groups is 1. The maximum Gasteiger partial charge on any atom is 0.338 e. The standard InChI is InChI=1S/C22H25N3O4/c1-14-17(2-3-18-19(14)13-29-22(18)28)20(26)12-25-10-6-15(7-11-25)21(27)24-16-4-8-23-9-5-16/h2-5,8-9,15,20,26H,6-7,10-13H2,1H3,(H,23,24,27). The van der Waals surface area contributed by atoms with Crippen LogP contribution in [0.1, 0.15) is 46.0 Å². The second-order valence-electron chi connectivity index (χ2n) is 7.70. The second kappa shape index (κ2) is 8.31. The molecule has 0 spiro atoms. The van der Waals surface area contributed by atoms with Crippen LogP contribution in [-0.4, -0.2) is 46.5 Å². The number of hydrogen-bond donors (Lipinski definition) is 2. The Labute approximate surface area is 169 Å². The summed E-state index contributed by atoms with van der Waals surface area (Å²) in [4.78, 5) is 30.3. The number of aromatic nitrogens is 1. The van der Waals surface area contributed by atoms with E-state index < -0.39 is 6.10 Å². The molecular formula is C22H25N3O4. The van der Waals surface area contributed by atoms with Crippen molar-refractivity contribution >= 4 is 17.6 Å². The summed E-state index contributed by atoms with van der Waals surface area (Å²) in [6.45, 7) is 4.23. The lowest BCUT2D eigenvalue weighted by Crippen LogP contribution is -2.40. The van der Waals surface area contributed by atoms with E-state index in [1.54, 1.807) is 30.6 Å². The van der Waals surface area contributed by atoms with Crippen molar-refractivity contribution in [2.45, 2.75) is 32.5 Å². The van der Waals surface area contributed by atoms with Crippen LogP contribution < -0.4 is 5.32 Å². The zero-order valence-electron chi connectivity index (χ0n) is 16.4. The molecule has 2 N–H and O–H groups in total. The van der Waals surface area contributed by atoms with Gasteiger partial charge in [0, 0.05) is 36.1 Å². The molecule has 4 rings (SSSR count). The van der Waals surface area contributed by atoms with Gasteiger partial charge < -0.3 is 20.1 Å². The molecule has 7 nitrogen and oxygen atoms in total. The maximum absolute atomic E-state index is 12.5. The van der Waals surface area contributed by atoms with Crippen molar-refractivity contribution in [2.24, 2.45) is 5.92 Å². The number of carbonyl (C=O) groups is 2. The number of nitrogens with one attached hydrogen (secondary N) is 1. The van der Waals surface area contributed by atoms with Crippen LogP contribution in [0.4, 0.5) is 5.69 Å². The van der Waals surface area contributed by atoms with Gasteiger partial charge in [0.1, 0.15) is 6.61 Å². The molecule has 3 heterocycles. The Hall–Kier alpha value is -2.77. The first-order valence-corrected chi connectivity index (χ1v) is 9.93. The van der Waals surface area contributed by atoms with Crippen molar-refractivity contribution in [2.75, 3.05) is 25.0 Å². The first kappa shape index (κ1) is 19.5. The average Bonchev–Trinajstić information content (AvgIpc) is 3.11. The van der Waals surface area contributed by atoms with Crippen LogP contribution in [0.2, 0.25) is 0 Å². The summed E-state index contributed by atoms with van der Waals surface area (Å²) >= 11 is 0. The Balaban J connectivity index is 1.32. The average molecular weight is 395 g/mol. The van der Waals surface area contributed by atoms with Crippen LogP contribution in [0.5, 0.6) is 0 Å². The molecule has 0 aliphatic carbocycles. The number of hydrogen-bond acceptors (Lipinski definition) is 6. The quantitative estimate of drug-likeness (QED) is 0.756. The van der Waals surface area contributed by atoms with Crippen molar-refractivity contribution in [1.82, 2.24) is 9.88 Å². The largest absolute Gasteiger partial charge is 0.457 e. The number of amides is 1. The Morgan fingerprint density at radius 1 is 1.28 bits per heavy atom. The monoisotopic (exact) mass is 395 g/mol. The molecule has 0 bridgehead atoms. The third-order valence-electron chi connectivity index (χ3n) is 5.90. The van der Waals surface area contributed by atoms with Gasteiger partial charge in [-0.2, -0.15) is 0 Å². The van der Waals surface area contributed by atoms with E-state index in [0.29, 0.717) is 12.1 Å². The van der Waals surface area contributed by atoms with Gasteiger partial charge in [0.2, 0.25) is 5.91 Å². The van der Waals surface area contributed by atoms with Crippen LogP contribution in [0.15, 0.2) is 36.7 Å².